The normalized spacial score (nSPS) is 9.87. The highest BCUT2D eigenvalue weighted by Crippen LogP contribution is 2.09. The van der Waals surface area contributed by atoms with Crippen LogP contribution in [0, 0.1) is 0 Å². The van der Waals surface area contributed by atoms with Gasteiger partial charge in [-0.1, -0.05) is 6.58 Å². The van der Waals surface area contributed by atoms with E-state index in [4.69, 9.17) is 0 Å². The van der Waals surface area contributed by atoms with E-state index >= 15 is 0 Å². The SMILES string of the molecule is C=CC(=O)c1ccc(-n2cccn2)cc1. The molecule has 1 aromatic carbocycles. The molecule has 2 aromatic rings. The molecule has 74 valence electrons. The van der Waals surface area contributed by atoms with Gasteiger partial charge in [0.05, 0.1) is 5.69 Å². The summed E-state index contributed by atoms with van der Waals surface area (Å²) in [5.41, 5.74) is 1.57. The molecule has 3 heteroatoms. The Morgan fingerprint density at radius 2 is 2.07 bits per heavy atom. The van der Waals surface area contributed by atoms with Crippen molar-refractivity contribution < 1.29 is 4.79 Å². The van der Waals surface area contributed by atoms with Crippen LogP contribution in [0.25, 0.3) is 5.69 Å². The first kappa shape index (κ1) is 9.40. The molecule has 3 nitrogen and oxygen atoms in total. The molecular weight excluding hydrogens is 188 g/mol. The molecule has 0 saturated carbocycles. The van der Waals surface area contributed by atoms with Crippen LogP contribution in [-0.2, 0) is 0 Å². The summed E-state index contributed by atoms with van der Waals surface area (Å²) in [6, 6.07) is 9.08. The molecule has 0 atom stereocenters. The van der Waals surface area contributed by atoms with Crippen molar-refractivity contribution in [1.82, 2.24) is 9.78 Å². The van der Waals surface area contributed by atoms with Crippen molar-refractivity contribution in [3.05, 3.63) is 60.9 Å². The number of carbonyl (C=O) groups is 1. The summed E-state index contributed by atoms with van der Waals surface area (Å²) < 4.78 is 1.74. The van der Waals surface area contributed by atoms with Gasteiger partial charge in [-0.05, 0) is 36.4 Å². The van der Waals surface area contributed by atoms with Crippen molar-refractivity contribution >= 4 is 5.78 Å². The fourth-order valence-corrected chi connectivity index (χ4v) is 1.32. The highest BCUT2D eigenvalue weighted by atomic mass is 16.1. The van der Waals surface area contributed by atoms with E-state index in [2.05, 4.69) is 11.7 Å². The summed E-state index contributed by atoms with van der Waals surface area (Å²) in [4.78, 5) is 11.3. The van der Waals surface area contributed by atoms with E-state index in [1.165, 1.54) is 6.08 Å². The lowest BCUT2D eigenvalue weighted by Crippen LogP contribution is -1.97. The predicted octanol–water partition coefficient (Wildman–Crippen LogP) is 2.24. The molecule has 2 rings (SSSR count). The second-order valence-corrected chi connectivity index (χ2v) is 3.07. The van der Waals surface area contributed by atoms with E-state index in [1.807, 2.05) is 24.4 Å². The monoisotopic (exact) mass is 198 g/mol. The Bertz CT molecular complexity index is 469. The van der Waals surface area contributed by atoms with Gasteiger partial charge in [0.1, 0.15) is 0 Å². The van der Waals surface area contributed by atoms with Crippen LogP contribution in [-0.4, -0.2) is 15.6 Å². The molecule has 15 heavy (non-hydrogen) atoms. The first-order valence-electron chi connectivity index (χ1n) is 4.58. The molecule has 0 aliphatic heterocycles. The molecule has 0 fully saturated rings. The second-order valence-electron chi connectivity index (χ2n) is 3.07. The summed E-state index contributed by atoms with van der Waals surface area (Å²) in [6.07, 6.45) is 4.87. The Balaban J connectivity index is 2.32. The molecule has 0 spiro atoms. The number of rotatable bonds is 3. The van der Waals surface area contributed by atoms with Crippen LogP contribution < -0.4 is 0 Å². The van der Waals surface area contributed by atoms with Crippen molar-refractivity contribution in [3.63, 3.8) is 0 Å². The van der Waals surface area contributed by atoms with Crippen LogP contribution in [0.2, 0.25) is 0 Å². The van der Waals surface area contributed by atoms with Gasteiger partial charge in [-0.3, -0.25) is 4.79 Å². The largest absolute Gasteiger partial charge is 0.289 e. The van der Waals surface area contributed by atoms with E-state index in [-0.39, 0.29) is 5.78 Å². The fourth-order valence-electron chi connectivity index (χ4n) is 1.32. The minimum Gasteiger partial charge on any atom is -0.289 e. The van der Waals surface area contributed by atoms with Gasteiger partial charge in [-0.15, -0.1) is 0 Å². The molecule has 0 N–H and O–H groups in total. The molecule has 0 radical (unpaired) electrons. The first-order valence-corrected chi connectivity index (χ1v) is 4.58. The summed E-state index contributed by atoms with van der Waals surface area (Å²) in [5.74, 6) is -0.0676. The maximum Gasteiger partial charge on any atom is 0.185 e. The van der Waals surface area contributed by atoms with Crippen molar-refractivity contribution in [2.45, 2.75) is 0 Å². The third-order valence-corrected chi connectivity index (χ3v) is 2.11. The minimum absolute atomic E-state index is 0.0676. The lowest BCUT2D eigenvalue weighted by atomic mass is 10.1. The number of hydrogen-bond acceptors (Lipinski definition) is 2. The van der Waals surface area contributed by atoms with Crippen LogP contribution in [0.15, 0.2) is 55.4 Å². The number of aromatic nitrogens is 2. The minimum atomic E-state index is -0.0676. The Morgan fingerprint density at radius 3 is 2.60 bits per heavy atom. The Hall–Kier alpha value is -2.16. The smallest absolute Gasteiger partial charge is 0.185 e. The highest BCUT2D eigenvalue weighted by molar-refractivity contribution is 6.04. The average Bonchev–Trinajstić information content (AvgIpc) is 2.82. The van der Waals surface area contributed by atoms with Gasteiger partial charge in [-0.2, -0.15) is 5.10 Å². The van der Waals surface area contributed by atoms with Crippen LogP contribution >= 0.6 is 0 Å². The molecule has 0 aliphatic carbocycles. The standard InChI is InChI=1S/C12H10N2O/c1-2-12(15)10-4-6-11(7-5-10)14-9-3-8-13-14/h2-9H,1H2. The number of carbonyl (C=O) groups excluding carboxylic acids is 1. The van der Waals surface area contributed by atoms with Crippen LogP contribution in [0.3, 0.4) is 0 Å². The van der Waals surface area contributed by atoms with Gasteiger partial charge in [0.2, 0.25) is 0 Å². The summed E-state index contributed by atoms with van der Waals surface area (Å²) in [5, 5.41) is 4.09. The Morgan fingerprint density at radius 1 is 1.33 bits per heavy atom. The fraction of sp³-hybridized carbons (Fsp3) is 0. The quantitative estimate of drug-likeness (QED) is 0.560. The molecule has 0 saturated heterocycles. The average molecular weight is 198 g/mol. The zero-order valence-corrected chi connectivity index (χ0v) is 8.13. The summed E-state index contributed by atoms with van der Waals surface area (Å²) >= 11 is 0. The zero-order chi connectivity index (χ0) is 10.7. The van der Waals surface area contributed by atoms with Crippen LogP contribution in [0.4, 0.5) is 0 Å². The third-order valence-electron chi connectivity index (χ3n) is 2.11. The number of benzene rings is 1. The molecule has 0 bridgehead atoms. The van der Waals surface area contributed by atoms with Gasteiger partial charge in [0, 0.05) is 18.0 Å². The Kier molecular flexibility index (Phi) is 2.46. The number of nitrogens with zero attached hydrogens (tertiary/aromatic N) is 2. The third kappa shape index (κ3) is 1.86. The van der Waals surface area contributed by atoms with Crippen molar-refractivity contribution in [1.29, 1.82) is 0 Å². The molecule has 0 unspecified atom stereocenters. The lowest BCUT2D eigenvalue weighted by Gasteiger charge is -2.01. The van der Waals surface area contributed by atoms with Gasteiger partial charge in [0.25, 0.3) is 0 Å². The number of ketones is 1. The van der Waals surface area contributed by atoms with Crippen molar-refractivity contribution in [3.8, 4) is 5.69 Å². The predicted molar refractivity (Wildman–Crippen MR) is 58.1 cm³/mol. The zero-order valence-electron chi connectivity index (χ0n) is 8.13. The second kappa shape index (κ2) is 3.92. The molecule has 1 aromatic heterocycles. The van der Waals surface area contributed by atoms with Crippen molar-refractivity contribution in [2.24, 2.45) is 0 Å². The van der Waals surface area contributed by atoms with E-state index in [0.29, 0.717) is 5.56 Å². The Labute approximate surface area is 87.7 Å². The summed E-state index contributed by atoms with van der Waals surface area (Å²) in [6.45, 7) is 3.44. The van der Waals surface area contributed by atoms with Crippen LogP contribution in [0.5, 0.6) is 0 Å². The van der Waals surface area contributed by atoms with Gasteiger partial charge in [0.15, 0.2) is 5.78 Å². The van der Waals surface area contributed by atoms with E-state index in [0.717, 1.165) is 5.69 Å². The molecule has 0 aliphatic rings. The first-order chi connectivity index (χ1) is 7.31. The van der Waals surface area contributed by atoms with E-state index in [1.54, 1.807) is 23.0 Å². The number of allylic oxidation sites excluding steroid dienone is 1. The summed E-state index contributed by atoms with van der Waals surface area (Å²) in [7, 11) is 0. The molecule has 1 heterocycles. The maximum absolute atomic E-state index is 11.3. The molecular formula is C12H10N2O. The van der Waals surface area contributed by atoms with Crippen LogP contribution in [0.1, 0.15) is 10.4 Å². The van der Waals surface area contributed by atoms with E-state index in [9.17, 15) is 4.79 Å². The van der Waals surface area contributed by atoms with Gasteiger partial charge >= 0.3 is 0 Å². The topological polar surface area (TPSA) is 34.9 Å². The maximum atomic E-state index is 11.3. The highest BCUT2D eigenvalue weighted by Gasteiger charge is 2.01. The lowest BCUT2D eigenvalue weighted by molar-refractivity contribution is 0.104. The molecule has 0 amide bonds. The van der Waals surface area contributed by atoms with E-state index < -0.39 is 0 Å². The van der Waals surface area contributed by atoms with Crippen molar-refractivity contribution in [2.75, 3.05) is 0 Å². The number of hydrogen-bond donors (Lipinski definition) is 0. The van der Waals surface area contributed by atoms with Gasteiger partial charge < -0.3 is 0 Å². The van der Waals surface area contributed by atoms with Gasteiger partial charge in [-0.25, -0.2) is 4.68 Å².